The van der Waals surface area contributed by atoms with Crippen molar-refractivity contribution in [3.05, 3.63) is 24.3 Å². The van der Waals surface area contributed by atoms with Gasteiger partial charge in [-0.15, -0.1) is 0 Å². The second-order valence-corrected chi connectivity index (χ2v) is 4.69. The molecule has 0 atom stereocenters. The van der Waals surface area contributed by atoms with E-state index in [9.17, 15) is 9.59 Å². The highest BCUT2D eigenvalue weighted by Gasteiger charge is 2.03. The summed E-state index contributed by atoms with van der Waals surface area (Å²) in [7, 11) is 0. The van der Waals surface area contributed by atoms with Crippen LogP contribution in [0, 0.1) is 5.92 Å². The second-order valence-electron chi connectivity index (χ2n) is 4.69. The summed E-state index contributed by atoms with van der Waals surface area (Å²) >= 11 is 0. The highest BCUT2D eigenvalue weighted by molar-refractivity contribution is 5.87. The van der Waals surface area contributed by atoms with Crippen molar-refractivity contribution in [3.63, 3.8) is 0 Å². The van der Waals surface area contributed by atoms with Gasteiger partial charge in [0.1, 0.15) is 0 Å². The zero-order valence-corrected chi connectivity index (χ0v) is 12.7. The first-order valence-electron chi connectivity index (χ1n) is 6.37. The molecule has 0 aromatic rings. The molecule has 0 aromatic heterocycles. The Hall–Kier alpha value is -1.58. The van der Waals surface area contributed by atoms with Crippen molar-refractivity contribution in [1.82, 2.24) is 0 Å². The number of rotatable bonds is 6. The molecule has 0 aliphatic rings. The molecule has 0 unspecified atom stereocenters. The van der Waals surface area contributed by atoms with Crippen molar-refractivity contribution in [2.45, 2.75) is 41.0 Å². The molecule has 0 heterocycles. The minimum Gasteiger partial charge on any atom is -0.462 e. The molecule has 0 N–H and O–H groups in total. The first kappa shape index (κ1) is 19.8. The number of carbonyl (C=O) groups is 2. The molecule has 0 bridgehead atoms. The van der Waals surface area contributed by atoms with Crippen LogP contribution in [0.25, 0.3) is 0 Å². The lowest BCUT2D eigenvalue weighted by atomic mass is 10.2. The lowest BCUT2D eigenvalue weighted by molar-refractivity contribution is -0.140. The van der Waals surface area contributed by atoms with Gasteiger partial charge in [0, 0.05) is 11.1 Å². The summed E-state index contributed by atoms with van der Waals surface area (Å²) in [6.45, 7) is 17.1. The Balaban J connectivity index is 0. The summed E-state index contributed by atoms with van der Waals surface area (Å²) in [6, 6.07) is 0. The minimum absolute atomic E-state index is 0.295. The van der Waals surface area contributed by atoms with E-state index in [1.165, 1.54) is 0 Å². The lowest BCUT2D eigenvalue weighted by Gasteiger charge is -2.05. The third kappa shape index (κ3) is 14.4. The van der Waals surface area contributed by atoms with Gasteiger partial charge in [0.2, 0.25) is 0 Å². The van der Waals surface area contributed by atoms with Gasteiger partial charge in [-0.3, -0.25) is 0 Å². The number of esters is 2. The molecule has 0 radical (unpaired) electrons. The first-order chi connectivity index (χ1) is 8.72. The standard InChI is InChI=1S/C8H14O2.C7H12O2/c1-6(2)5-10-8(9)7(3)4;1-4-5-9-7(8)6(2)3/h6H,3,5H2,1-2,4H3;2,4-5H2,1,3H3. The van der Waals surface area contributed by atoms with Crippen molar-refractivity contribution in [2.24, 2.45) is 5.92 Å². The average molecular weight is 270 g/mol. The third-order valence-electron chi connectivity index (χ3n) is 1.68. The molecule has 0 fully saturated rings. The number of hydrogen-bond acceptors (Lipinski definition) is 4. The molecule has 4 nitrogen and oxygen atoms in total. The van der Waals surface area contributed by atoms with Gasteiger partial charge >= 0.3 is 11.9 Å². The third-order valence-corrected chi connectivity index (χ3v) is 1.68. The molecule has 0 spiro atoms. The number of hydrogen-bond donors (Lipinski definition) is 0. The molecule has 4 heteroatoms. The Morgan fingerprint density at radius 2 is 1.42 bits per heavy atom. The summed E-state index contributed by atoms with van der Waals surface area (Å²) in [5, 5.41) is 0. The molecule has 19 heavy (non-hydrogen) atoms. The van der Waals surface area contributed by atoms with Crippen molar-refractivity contribution in [2.75, 3.05) is 13.2 Å². The summed E-state index contributed by atoms with van der Waals surface area (Å²) in [5.74, 6) is -0.200. The van der Waals surface area contributed by atoms with Crippen LogP contribution in [0.4, 0.5) is 0 Å². The van der Waals surface area contributed by atoms with Crippen LogP contribution in [0.3, 0.4) is 0 Å². The Labute approximate surface area is 116 Å². The summed E-state index contributed by atoms with van der Waals surface area (Å²) in [5.41, 5.74) is 0.920. The van der Waals surface area contributed by atoms with E-state index in [-0.39, 0.29) is 11.9 Å². The molecule has 0 aliphatic carbocycles. The van der Waals surface area contributed by atoms with E-state index in [1.807, 2.05) is 20.8 Å². The van der Waals surface area contributed by atoms with Gasteiger partial charge in [0.05, 0.1) is 13.2 Å². The highest BCUT2D eigenvalue weighted by atomic mass is 16.5. The van der Waals surface area contributed by atoms with Gasteiger partial charge in [-0.05, 0) is 26.2 Å². The fraction of sp³-hybridized carbons (Fsp3) is 0.600. The van der Waals surface area contributed by atoms with Gasteiger partial charge < -0.3 is 9.47 Å². The van der Waals surface area contributed by atoms with Crippen LogP contribution in [0.2, 0.25) is 0 Å². The molecule has 0 aliphatic heterocycles. The second kappa shape index (κ2) is 11.5. The summed E-state index contributed by atoms with van der Waals surface area (Å²) in [4.78, 5) is 21.3. The predicted molar refractivity (Wildman–Crippen MR) is 76.7 cm³/mol. The van der Waals surface area contributed by atoms with Gasteiger partial charge in [0.25, 0.3) is 0 Å². The lowest BCUT2D eigenvalue weighted by Crippen LogP contribution is -2.09. The monoisotopic (exact) mass is 270 g/mol. The Kier molecular flexibility index (Phi) is 12.0. The molecule has 110 valence electrons. The van der Waals surface area contributed by atoms with E-state index in [0.29, 0.717) is 30.3 Å². The maximum absolute atomic E-state index is 10.7. The maximum atomic E-state index is 10.7. The molecule has 0 saturated carbocycles. The van der Waals surface area contributed by atoms with Crippen LogP contribution < -0.4 is 0 Å². The van der Waals surface area contributed by atoms with Crippen molar-refractivity contribution in [1.29, 1.82) is 0 Å². The van der Waals surface area contributed by atoms with Crippen LogP contribution in [0.15, 0.2) is 24.3 Å². The molecule has 0 saturated heterocycles. The smallest absolute Gasteiger partial charge is 0.333 e. The largest absolute Gasteiger partial charge is 0.462 e. The predicted octanol–water partition coefficient (Wildman–Crippen LogP) is 3.28. The van der Waals surface area contributed by atoms with Crippen LogP contribution >= 0.6 is 0 Å². The van der Waals surface area contributed by atoms with Crippen LogP contribution in [0.1, 0.15) is 41.0 Å². The van der Waals surface area contributed by atoms with Gasteiger partial charge in [-0.25, -0.2) is 9.59 Å². The zero-order chi connectivity index (χ0) is 15.4. The quantitative estimate of drug-likeness (QED) is 0.549. The van der Waals surface area contributed by atoms with Gasteiger partial charge in [-0.2, -0.15) is 0 Å². The van der Waals surface area contributed by atoms with E-state index in [1.54, 1.807) is 13.8 Å². The Morgan fingerprint density at radius 3 is 1.74 bits per heavy atom. The van der Waals surface area contributed by atoms with Gasteiger partial charge in [-0.1, -0.05) is 33.9 Å². The van der Waals surface area contributed by atoms with E-state index >= 15 is 0 Å². The zero-order valence-electron chi connectivity index (χ0n) is 12.7. The molecular formula is C15H26O4. The van der Waals surface area contributed by atoms with Crippen LogP contribution in [0.5, 0.6) is 0 Å². The van der Waals surface area contributed by atoms with Crippen molar-refractivity contribution < 1.29 is 19.1 Å². The Morgan fingerprint density at radius 1 is 1.00 bits per heavy atom. The SMILES string of the molecule is C=C(C)C(=O)OCC(C)C.C=C(C)C(=O)OCCC. The van der Waals surface area contributed by atoms with E-state index in [0.717, 1.165) is 6.42 Å². The van der Waals surface area contributed by atoms with Gasteiger partial charge in [0.15, 0.2) is 0 Å². The van der Waals surface area contributed by atoms with E-state index < -0.39 is 0 Å². The summed E-state index contributed by atoms with van der Waals surface area (Å²) < 4.78 is 9.54. The van der Waals surface area contributed by atoms with E-state index in [4.69, 9.17) is 9.47 Å². The molecule has 0 aromatic carbocycles. The highest BCUT2D eigenvalue weighted by Crippen LogP contribution is 1.97. The molecule has 0 amide bonds. The first-order valence-corrected chi connectivity index (χ1v) is 6.37. The van der Waals surface area contributed by atoms with Crippen molar-refractivity contribution >= 4 is 11.9 Å². The normalized spacial score (nSPS) is 9.16. The topological polar surface area (TPSA) is 52.6 Å². The summed E-state index contributed by atoms with van der Waals surface area (Å²) in [6.07, 6.45) is 0.860. The fourth-order valence-corrected chi connectivity index (χ4v) is 0.684. The maximum Gasteiger partial charge on any atom is 0.333 e. The fourth-order valence-electron chi connectivity index (χ4n) is 0.684. The van der Waals surface area contributed by atoms with Crippen LogP contribution in [-0.2, 0) is 19.1 Å². The Bertz CT molecular complexity index is 316. The average Bonchev–Trinajstić information content (AvgIpc) is 2.33. The minimum atomic E-state index is -0.297. The van der Waals surface area contributed by atoms with Crippen molar-refractivity contribution in [3.8, 4) is 0 Å². The molecular weight excluding hydrogens is 244 g/mol. The van der Waals surface area contributed by atoms with Crippen LogP contribution in [-0.4, -0.2) is 25.2 Å². The molecule has 0 rings (SSSR count). The number of carbonyl (C=O) groups excluding carboxylic acids is 2. The van der Waals surface area contributed by atoms with E-state index in [2.05, 4.69) is 13.2 Å². The number of ether oxygens (including phenoxy) is 2.